The van der Waals surface area contributed by atoms with E-state index in [4.69, 9.17) is 4.74 Å². The fourth-order valence-electron chi connectivity index (χ4n) is 3.92. The number of ether oxygens (including phenoxy) is 1. The number of carbonyl (C=O) groups excluding carboxylic acids is 1. The number of hydrogen-bond donors (Lipinski definition) is 1. The zero-order chi connectivity index (χ0) is 20.3. The molecule has 0 unspecified atom stereocenters. The molecule has 2 aromatic rings. The lowest BCUT2D eigenvalue weighted by Gasteiger charge is -2.35. The standard InChI is InChI=1S/C22H32N4O2/c1-6-26-18(5)21(17(4)24-26)12-23-11-19-7-9-20(10-8-19)22(27)25-13-15(2)28-16(3)14-25/h7-10,15-16,23H,6,11-14H2,1-5H3/t15-,16+. The summed E-state index contributed by atoms with van der Waals surface area (Å²) in [6, 6.07) is 7.91. The Morgan fingerprint density at radius 3 is 2.36 bits per heavy atom. The van der Waals surface area contributed by atoms with Crippen LogP contribution in [0.3, 0.4) is 0 Å². The number of nitrogens with one attached hydrogen (secondary N) is 1. The van der Waals surface area contributed by atoms with Gasteiger partial charge in [0.2, 0.25) is 0 Å². The SMILES string of the molecule is CCn1nc(C)c(CNCc2ccc(C(=O)N3C[C@@H](C)O[C@@H](C)C3)cc2)c1C. The predicted octanol–water partition coefficient (Wildman–Crippen LogP) is 3.06. The fraction of sp³-hybridized carbons (Fsp3) is 0.545. The maximum atomic E-state index is 12.8. The number of aromatic nitrogens is 2. The minimum absolute atomic E-state index is 0.0831. The summed E-state index contributed by atoms with van der Waals surface area (Å²) >= 11 is 0. The van der Waals surface area contributed by atoms with Crippen molar-refractivity contribution in [1.29, 1.82) is 0 Å². The molecule has 152 valence electrons. The number of amides is 1. The van der Waals surface area contributed by atoms with Gasteiger partial charge < -0.3 is 15.0 Å². The Kier molecular flexibility index (Phi) is 6.52. The number of carbonyl (C=O) groups is 1. The zero-order valence-electron chi connectivity index (χ0n) is 17.7. The summed E-state index contributed by atoms with van der Waals surface area (Å²) in [6.45, 7) is 14.1. The molecule has 2 atom stereocenters. The molecule has 1 aliphatic heterocycles. The van der Waals surface area contributed by atoms with Crippen LogP contribution in [0.15, 0.2) is 24.3 Å². The lowest BCUT2D eigenvalue weighted by atomic mass is 10.1. The molecule has 0 aliphatic carbocycles. The Bertz CT molecular complexity index is 803. The van der Waals surface area contributed by atoms with Gasteiger partial charge in [-0.1, -0.05) is 12.1 Å². The normalized spacial score (nSPS) is 19.8. The van der Waals surface area contributed by atoms with Crippen molar-refractivity contribution in [2.45, 2.75) is 66.5 Å². The van der Waals surface area contributed by atoms with E-state index in [-0.39, 0.29) is 18.1 Å². The number of morpholine rings is 1. The molecule has 0 bridgehead atoms. The Morgan fingerprint density at radius 2 is 1.79 bits per heavy atom. The van der Waals surface area contributed by atoms with Gasteiger partial charge in [-0.3, -0.25) is 9.48 Å². The van der Waals surface area contributed by atoms with Crippen LogP contribution < -0.4 is 5.32 Å². The van der Waals surface area contributed by atoms with Crippen molar-refractivity contribution in [1.82, 2.24) is 20.0 Å². The third-order valence-corrected chi connectivity index (χ3v) is 5.37. The van der Waals surface area contributed by atoms with Crippen LogP contribution in [0.5, 0.6) is 0 Å². The van der Waals surface area contributed by atoms with E-state index >= 15 is 0 Å². The second-order valence-electron chi connectivity index (χ2n) is 7.73. The molecule has 0 radical (unpaired) electrons. The molecule has 6 heteroatoms. The second kappa shape index (κ2) is 8.88. The molecule has 1 aromatic heterocycles. The molecular formula is C22H32N4O2. The minimum atomic E-state index is 0.0831. The maximum Gasteiger partial charge on any atom is 0.254 e. The number of rotatable bonds is 6. The van der Waals surface area contributed by atoms with E-state index in [1.807, 2.05) is 47.7 Å². The first-order valence-corrected chi connectivity index (χ1v) is 10.2. The van der Waals surface area contributed by atoms with Gasteiger partial charge in [0.25, 0.3) is 5.91 Å². The van der Waals surface area contributed by atoms with Crippen LogP contribution >= 0.6 is 0 Å². The molecular weight excluding hydrogens is 352 g/mol. The van der Waals surface area contributed by atoms with Crippen LogP contribution in [0.4, 0.5) is 0 Å². The van der Waals surface area contributed by atoms with Crippen LogP contribution in [0, 0.1) is 13.8 Å². The summed E-state index contributed by atoms with van der Waals surface area (Å²) < 4.78 is 7.76. The molecule has 0 spiro atoms. The van der Waals surface area contributed by atoms with Crippen LogP contribution in [0.1, 0.15) is 53.6 Å². The third-order valence-electron chi connectivity index (χ3n) is 5.37. The first-order valence-electron chi connectivity index (χ1n) is 10.2. The molecule has 6 nitrogen and oxygen atoms in total. The van der Waals surface area contributed by atoms with Gasteiger partial charge in [-0.25, -0.2) is 0 Å². The van der Waals surface area contributed by atoms with Crippen molar-refractivity contribution in [3.8, 4) is 0 Å². The summed E-state index contributed by atoms with van der Waals surface area (Å²) in [5, 5.41) is 8.06. The fourth-order valence-corrected chi connectivity index (χ4v) is 3.92. The van der Waals surface area contributed by atoms with E-state index in [0.29, 0.717) is 13.1 Å². The van der Waals surface area contributed by atoms with Crippen molar-refractivity contribution >= 4 is 5.91 Å². The Balaban J connectivity index is 1.56. The predicted molar refractivity (Wildman–Crippen MR) is 110 cm³/mol. The molecule has 1 amide bonds. The molecule has 1 N–H and O–H groups in total. The van der Waals surface area contributed by atoms with Crippen molar-refractivity contribution < 1.29 is 9.53 Å². The summed E-state index contributed by atoms with van der Waals surface area (Å²) in [7, 11) is 0. The monoisotopic (exact) mass is 384 g/mol. The van der Waals surface area contributed by atoms with E-state index in [9.17, 15) is 4.79 Å². The van der Waals surface area contributed by atoms with E-state index in [1.54, 1.807) is 0 Å². The largest absolute Gasteiger partial charge is 0.372 e. The lowest BCUT2D eigenvalue weighted by Crippen LogP contribution is -2.48. The first-order chi connectivity index (χ1) is 13.4. The molecule has 3 rings (SSSR count). The van der Waals surface area contributed by atoms with Crippen molar-refractivity contribution in [2.75, 3.05) is 13.1 Å². The van der Waals surface area contributed by atoms with Gasteiger partial charge in [0, 0.05) is 49.5 Å². The Morgan fingerprint density at radius 1 is 1.14 bits per heavy atom. The van der Waals surface area contributed by atoms with Gasteiger partial charge in [0.1, 0.15) is 0 Å². The van der Waals surface area contributed by atoms with E-state index in [2.05, 4.69) is 31.2 Å². The van der Waals surface area contributed by atoms with Crippen LogP contribution in [0.25, 0.3) is 0 Å². The highest BCUT2D eigenvalue weighted by Gasteiger charge is 2.26. The topological polar surface area (TPSA) is 59.4 Å². The summed E-state index contributed by atoms with van der Waals surface area (Å²) in [6.07, 6.45) is 0.167. The van der Waals surface area contributed by atoms with E-state index < -0.39 is 0 Å². The number of benzene rings is 1. The second-order valence-corrected chi connectivity index (χ2v) is 7.73. The van der Waals surface area contributed by atoms with E-state index in [0.717, 1.165) is 30.9 Å². The third kappa shape index (κ3) is 4.62. The quantitative estimate of drug-likeness (QED) is 0.832. The first kappa shape index (κ1) is 20.6. The van der Waals surface area contributed by atoms with Gasteiger partial charge in [0.05, 0.1) is 17.9 Å². The lowest BCUT2D eigenvalue weighted by molar-refractivity contribution is -0.0586. The van der Waals surface area contributed by atoms with Gasteiger partial charge in [-0.2, -0.15) is 5.10 Å². The zero-order valence-corrected chi connectivity index (χ0v) is 17.7. The number of nitrogens with zero attached hydrogens (tertiary/aromatic N) is 3. The minimum Gasteiger partial charge on any atom is -0.372 e. The highest BCUT2D eigenvalue weighted by atomic mass is 16.5. The van der Waals surface area contributed by atoms with Crippen molar-refractivity contribution in [3.63, 3.8) is 0 Å². The van der Waals surface area contributed by atoms with E-state index in [1.165, 1.54) is 16.8 Å². The van der Waals surface area contributed by atoms with Crippen LogP contribution in [-0.4, -0.2) is 45.9 Å². The molecule has 1 saturated heterocycles. The summed E-state index contributed by atoms with van der Waals surface area (Å²) in [5.41, 5.74) is 5.48. The summed E-state index contributed by atoms with van der Waals surface area (Å²) in [5.74, 6) is 0.0831. The van der Waals surface area contributed by atoms with Gasteiger partial charge in [-0.05, 0) is 52.3 Å². The highest BCUT2D eigenvalue weighted by molar-refractivity contribution is 5.94. The molecule has 2 heterocycles. The number of aryl methyl sites for hydroxylation is 2. The maximum absolute atomic E-state index is 12.8. The summed E-state index contributed by atoms with van der Waals surface area (Å²) in [4.78, 5) is 14.6. The Hall–Kier alpha value is -2.18. The van der Waals surface area contributed by atoms with Crippen LogP contribution in [0.2, 0.25) is 0 Å². The number of hydrogen-bond acceptors (Lipinski definition) is 4. The smallest absolute Gasteiger partial charge is 0.254 e. The Labute approximate surface area is 167 Å². The molecule has 1 aromatic carbocycles. The molecule has 28 heavy (non-hydrogen) atoms. The van der Waals surface area contributed by atoms with Gasteiger partial charge >= 0.3 is 0 Å². The van der Waals surface area contributed by atoms with Gasteiger partial charge in [-0.15, -0.1) is 0 Å². The van der Waals surface area contributed by atoms with Crippen molar-refractivity contribution in [2.24, 2.45) is 0 Å². The molecule has 0 saturated carbocycles. The van der Waals surface area contributed by atoms with Crippen molar-refractivity contribution in [3.05, 3.63) is 52.3 Å². The molecule has 1 aliphatic rings. The van der Waals surface area contributed by atoms with Gasteiger partial charge in [0.15, 0.2) is 0 Å². The van der Waals surface area contributed by atoms with Crippen LogP contribution in [-0.2, 0) is 24.4 Å². The highest BCUT2D eigenvalue weighted by Crippen LogP contribution is 2.16. The molecule has 1 fully saturated rings. The average Bonchev–Trinajstić information content (AvgIpc) is 2.94. The average molecular weight is 385 g/mol.